The minimum absolute atomic E-state index is 0.325. The van der Waals surface area contributed by atoms with E-state index in [0.717, 1.165) is 38.8 Å². The van der Waals surface area contributed by atoms with E-state index in [4.69, 9.17) is 0 Å². The van der Waals surface area contributed by atoms with Gasteiger partial charge in [-0.15, -0.1) is 0 Å². The average molecular weight is 300 g/mol. The second kappa shape index (κ2) is 6.82. The van der Waals surface area contributed by atoms with E-state index in [1.807, 2.05) is 11.9 Å². The van der Waals surface area contributed by atoms with Gasteiger partial charge in [0.05, 0.1) is 0 Å². The van der Waals surface area contributed by atoms with Crippen LogP contribution in [0.15, 0.2) is 30.3 Å². The van der Waals surface area contributed by atoms with Crippen molar-refractivity contribution in [3.8, 4) is 0 Å². The van der Waals surface area contributed by atoms with Crippen LogP contribution < -0.4 is 0 Å². The third-order valence-electron chi connectivity index (χ3n) is 5.68. The zero-order valence-electron chi connectivity index (χ0n) is 13.9. The van der Waals surface area contributed by atoms with Gasteiger partial charge in [-0.05, 0) is 38.2 Å². The van der Waals surface area contributed by atoms with Crippen LogP contribution in [0.2, 0.25) is 0 Å². The molecule has 0 N–H and O–H groups in total. The predicted molar refractivity (Wildman–Crippen MR) is 89.6 cm³/mol. The van der Waals surface area contributed by atoms with E-state index in [9.17, 15) is 4.79 Å². The molecule has 120 valence electrons. The van der Waals surface area contributed by atoms with Crippen LogP contribution in [-0.4, -0.2) is 41.9 Å². The molecule has 2 aliphatic rings. The van der Waals surface area contributed by atoms with Crippen LogP contribution in [0.3, 0.4) is 0 Å². The van der Waals surface area contributed by atoms with Crippen molar-refractivity contribution >= 4 is 5.91 Å². The lowest BCUT2D eigenvalue weighted by molar-refractivity contribution is -0.139. The van der Waals surface area contributed by atoms with Crippen molar-refractivity contribution in [2.24, 2.45) is 5.92 Å². The van der Waals surface area contributed by atoms with Gasteiger partial charge in [-0.1, -0.05) is 36.8 Å². The number of amides is 1. The molecule has 0 bridgehead atoms. The summed E-state index contributed by atoms with van der Waals surface area (Å²) >= 11 is 0. The Hall–Kier alpha value is -1.35. The molecule has 1 aromatic carbocycles. The molecule has 1 aromatic rings. The average Bonchev–Trinajstić information content (AvgIpc) is 2.53. The predicted octanol–water partition coefficient (Wildman–Crippen LogP) is 3.47. The number of likely N-dealkylation sites (tertiary alicyclic amines) is 1. The van der Waals surface area contributed by atoms with Crippen LogP contribution in [0.1, 0.15) is 50.6 Å². The molecule has 1 unspecified atom stereocenters. The molecule has 3 nitrogen and oxygen atoms in total. The van der Waals surface area contributed by atoms with E-state index < -0.39 is 0 Å². The number of nitrogens with zero attached hydrogens (tertiary/aromatic N) is 2. The summed E-state index contributed by atoms with van der Waals surface area (Å²) in [6, 6.07) is 11.6. The minimum Gasteiger partial charge on any atom is -0.342 e. The second-order valence-corrected chi connectivity index (χ2v) is 6.93. The molecule has 1 aliphatic heterocycles. The minimum atomic E-state index is 0.325. The number of rotatable bonds is 4. The Bertz CT molecular complexity index is 489. The van der Waals surface area contributed by atoms with Gasteiger partial charge in [-0.3, -0.25) is 9.69 Å². The Morgan fingerprint density at radius 3 is 2.32 bits per heavy atom. The van der Waals surface area contributed by atoms with E-state index in [1.165, 1.54) is 12.0 Å². The van der Waals surface area contributed by atoms with Gasteiger partial charge in [0.1, 0.15) is 0 Å². The molecule has 1 aliphatic carbocycles. The van der Waals surface area contributed by atoms with Crippen molar-refractivity contribution in [3.63, 3.8) is 0 Å². The van der Waals surface area contributed by atoms with Gasteiger partial charge in [-0.2, -0.15) is 0 Å². The van der Waals surface area contributed by atoms with E-state index in [0.29, 0.717) is 23.9 Å². The zero-order chi connectivity index (χ0) is 15.5. The van der Waals surface area contributed by atoms with Crippen LogP contribution in [0.5, 0.6) is 0 Å². The number of benzene rings is 1. The summed E-state index contributed by atoms with van der Waals surface area (Å²) < 4.78 is 0. The SMILES string of the molecule is CC(c1ccccc1)N1CCC(N(C)C(=O)C2CCC2)CC1. The van der Waals surface area contributed by atoms with Crippen molar-refractivity contribution in [1.29, 1.82) is 0 Å². The van der Waals surface area contributed by atoms with Crippen LogP contribution in [-0.2, 0) is 4.79 Å². The summed E-state index contributed by atoms with van der Waals surface area (Å²) in [6.07, 6.45) is 5.65. The number of hydrogen-bond acceptors (Lipinski definition) is 2. The maximum Gasteiger partial charge on any atom is 0.225 e. The number of hydrogen-bond donors (Lipinski definition) is 0. The standard InChI is InChI=1S/C19H28N2O/c1-15(16-7-4-3-5-8-16)21-13-11-18(12-14-21)20(2)19(22)17-9-6-10-17/h3-5,7-8,15,17-18H,6,9-14H2,1-2H3. The summed E-state index contributed by atoms with van der Waals surface area (Å²) in [5.74, 6) is 0.715. The third kappa shape index (κ3) is 3.19. The first kappa shape index (κ1) is 15.5. The zero-order valence-corrected chi connectivity index (χ0v) is 13.9. The molecule has 1 saturated heterocycles. The molecule has 1 atom stereocenters. The maximum atomic E-state index is 12.4. The molecular weight excluding hydrogens is 272 g/mol. The fraction of sp³-hybridized carbons (Fsp3) is 0.632. The highest BCUT2D eigenvalue weighted by molar-refractivity contribution is 5.79. The molecule has 2 fully saturated rings. The first-order valence-electron chi connectivity index (χ1n) is 8.72. The van der Waals surface area contributed by atoms with Crippen molar-refractivity contribution < 1.29 is 4.79 Å². The fourth-order valence-electron chi connectivity index (χ4n) is 3.73. The molecule has 1 heterocycles. The van der Waals surface area contributed by atoms with Crippen LogP contribution >= 0.6 is 0 Å². The first-order valence-corrected chi connectivity index (χ1v) is 8.72. The maximum absolute atomic E-state index is 12.4. The summed E-state index contributed by atoms with van der Waals surface area (Å²) in [4.78, 5) is 17.0. The van der Waals surface area contributed by atoms with Gasteiger partial charge in [-0.25, -0.2) is 0 Å². The lowest BCUT2D eigenvalue weighted by Crippen LogP contribution is -2.48. The normalized spacial score (nSPS) is 22.1. The van der Waals surface area contributed by atoms with Crippen LogP contribution in [0, 0.1) is 5.92 Å². The summed E-state index contributed by atoms with van der Waals surface area (Å²) in [5, 5.41) is 0. The van der Waals surface area contributed by atoms with Crippen molar-refractivity contribution in [2.45, 2.75) is 51.1 Å². The lowest BCUT2D eigenvalue weighted by Gasteiger charge is -2.41. The van der Waals surface area contributed by atoms with E-state index >= 15 is 0 Å². The summed E-state index contributed by atoms with van der Waals surface area (Å²) in [5.41, 5.74) is 1.39. The quantitative estimate of drug-likeness (QED) is 0.850. The monoisotopic (exact) mass is 300 g/mol. The molecule has 0 spiro atoms. The highest BCUT2D eigenvalue weighted by Gasteiger charge is 2.33. The smallest absolute Gasteiger partial charge is 0.225 e. The van der Waals surface area contributed by atoms with Crippen molar-refractivity contribution in [2.75, 3.05) is 20.1 Å². The molecule has 3 rings (SSSR count). The second-order valence-electron chi connectivity index (χ2n) is 6.93. The molecule has 22 heavy (non-hydrogen) atoms. The largest absolute Gasteiger partial charge is 0.342 e. The Morgan fingerprint density at radius 1 is 1.14 bits per heavy atom. The highest BCUT2D eigenvalue weighted by Crippen LogP contribution is 2.30. The van der Waals surface area contributed by atoms with Gasteiger partial charge in [0.15, 0.2) is 0 Å². The van der Waals surface area contributed by atoms with Crippen LogP contribution in [0.25, 0.3) is 0 Å². The Kier molecular flexibility index (Phi) is 4.82. The van der Waals surface area contributed by atoms with Gasteiger partial charge in [0.25, 0.3) is 0 Å². The summed E-state index contributed by atoms with van der Waals surface area (Å²) in [6.45, 7) is 4.46. The van der Waals surface area contributed by atoms with Crippen molar-refractivity contribution in [1.82, 2.24) is 9.80 Å². The van der Waals surface area contributed by atoms with E-state index in [1.54, 1.807) is 0 Å². The van der Waals surface area contributed by atoms with Gasteiger partial charge in [0.2, 0.25) is 5.91 Å². The van der Waals surface area contributed by atoms with Crippen molar-refractivity contribution in [3.05, 3.63) is 35.9 Å². The third-order valence-corrected chi connectivity index (χ3v) is 5.68. The molecule has 0 radical (unpaired) electrons. The molecular formula is C19H28N2O. The number of carbonyl (C=O) groups excluding carboxylic acids is 1. The molecule has 1 amide bonds. The molecule has 1 saturated carbocycles. The van der Waals surface area contributed by atoms with E-state index in [2.05, 4.69) is 42.2 Å². The number of piperidine rings is 1. The molecule has 0 aromatic heterocycles. The van der Waals surface area contributed by atoms with Gasteiger partial charge >= 0.3 is 0 Å². The first-order chi connectivity index (χ1) is 10.7. The van der Waals surface area contributed by atoms with E-state index in [-0.39, 0.29) is 0 Å². The summed E-state index contributed by atoms with van der Waals surface area (Å²) in [7, 11) is 2.02. The Balaban J connectivity index is 1.52. The van der Waals surface area contributed by atoms with Crippen LogP contribution in [0.4, 0.5) is 0 Å². The van der Waals surface area contributed by atoms with Gasteiger partial charge in [0, 0.05) is 38.1 Å². The highest BCUT2D eigenvalue weighted by atomic mass is 16.2. The van der Waals surface area contributed by atoms with Gasteiger partial charge < -0.3 is 4.90 Å². The fourth-order valence-corrected chi connectivity index (χ4v) is 3.73. The lowest BCUT2D eigenvalue weighted by atomic mass is 9.84. The number of carbonyl (C=O) groups is 1. The Labute approximate surface area is 134 Å². The topological polar surface area (TPSA) is 23.6 Å². The Morgan fingerprint density at radius 2 is 1.77 bits per heavy atom. The molecule has 3 heteroatoms.